The minimum atomic E-state index is -2.83. The first kappa shape index (κ1) is 22.2. The van der Waals surface area contributed by atoms with Crippen molar-refractivity contribution in [3.8, 4) is 0 Å². The topological polar surface area (TPSA) is 72.5 Å². The van der Waals surface area contributed by atoms with E-state index in [0.717, 1.165) is 11.3 Å². The van der Waals surface area contributed by atoms with E-state index in [1.165, 1.54) is 17.5 Å². The van der Waals surface area contributed by atoms with Gasteiger partial charge in [-0.3, -0.25) is 18.9 Å². The van der Waals surface area contributed by atoms with Crippen molar-refractivity contribution in [2.75, 3.05) is 4.90 Å². The summed E-state index contributed by atoms with van der Waals surface area (Å²) in [6.45, 7) is 3.21. The van der Waals surface area contributed by atoms with Gasteiger partial charge in [-0.15, -0.1) is 10.2 Å². The smallest absolute Gasteiger partial charge is 0.297 e. The fraction of sp³-hybridized carbons (Fsp3) is 0.250. The Hall–Kier alpha value is -3.59. The van der Waals surface area contributed by atoms with Crippen molar-refractivity contribution in [2.45, 2.75) is 32.7 Å². The molecule has 1 aliphatic rings. The molecule has 4 aromatic rings. The third kappa shape index (κ3) is 3.38. The van der Waals surface area contributed by atoms with Gasteiger partial charge in [0, 0.05) is 30.9 Å². The molecule has 1 aliphatic heterocycles. The molecule has 0 saturated heterocycles. The van der Waals surface area contributed by atoms with E-state index in [1.807, 2.05) is 23.7 Å². The number of carbonyl (C=O) groups is 2. The Balaban J connectivity index is 1.75. The third-order valence-corrected chi connectivity index (χ3v) is 6.31. The largest absolute Gasteiger partial charge is 0.351 e. The van der Waals surface area contributed by atoms with E-state index in [1.54, 1.807) is 36.2 Å². The van der Waals surface area contributed by atoms with Gasteiger partial charge in [-0.05, 0) is 48.7 Å². The molecule has 0 fully saturated rings. The second-order valence-corrected chi connectivity index (χ2v) is 8.90. The zero-order valence-corrected chi connectivity index (χ0v) is 19.3. The number of alkyl halides is 2. The summed E-state index contributed by atoms with van der Waals surface area (Å²) < 4.78 is 30.2. The van der Waals surface area contributed by atoms with Gasteiger partial charge >= 0.3 is 0 Å². The van der Waals surface area contributed by atoms with E-state index in [2.05, 4.69) is 10.2 Å². The predicted octanol–water partition coefficient (Wildman–Crippen LogP) is 4.85. The molecule has 0 radical (unpaired) electrons. The van der Waals surface area contributed by atoms with Crippen molar-refractivity contribution in [1.82, 2.24) is 19.2 Å². The first-order valence-electron chi connectivity index (χ1n) is 10.6. The molecule has 3 aromatic heterocycles. The minimum Gasteiger partial charge on any atom is -0.351 e. The Morgan fingerprint density at radius 2 is 1.88 bits per heavy atom. The van der Waals surface area contributed by atoms with Crippen LogP contribution in [0.3, 0.4) is 0 Å². The number of anilines is 1. The molecule has 0 saturated carbocycles. The molecule has 0 N–H and O–H groups in total. The standard InChI is InChI=1S/C24H20ClF2N5O2/c1-12-8-17(11-31-22(12)28-29-23(31)21(26)27)32-19(14-4-6-16(25)7-5-14)20-18(24(32)34)15(9-13(2)33)10-30(20)3/h4-8,10-11,19,21H,9H2,1-3H3. The number of benzene rings is 1. The van der Waals surface area contributed by atoms with E-state index < -0.39 is 18.3 Å². The number of hydrogen-bond donors (Lipinski definition) is 0. The summed E-state index contributed by atoms with van der Waals surface area (Å²) in [7, 11) is 1.82. The first-order valence-corrected chi connectivity index (χ1v) is 10.9. The number of nitrogens with zero attached hydrogens (tertiary/aromatic N) is 5. The number of amides is 1. The Kier molecular flexibility index (Phi) is 5.24. The summed E-state index contributed by atoms with van der Waals surface area (Å²) in [5.74, 6) is -0.868. The highest BCUT2D eigenvalue weighted by atomic mass is 35.5. The lowest BCUT2D eigenvalue weighted by Crippen LogP contribution is -2.30. The maximum Gasteiger partial charge on any atom is 0.297 e. The van der Waals surface area contributed by atoms with Crippen LogP contribution in [-0.4, -0.2) is 30.9 Å². The number of ketones is 1. The highest BCUT2D eigenvalue weighted by Crippen LogP contribution is 2.44. The number of pyridine rings is 1. The van der Waals surface area contributed by atoms with Gasteiger partial charge in [0.05, 0.1) is 16.9 Å². The lowest BCUT2D eigenvalue weighted by Gasteiger charge is -2.27. The number of halogens is 3. The molecule has 4 heterocycles. The second kappa shape index (κ2) is 8.02. The van der Waals surface area contributed by atoms with Crippen LogP contribution in [-0.2, 0) is 18.3 Å². The molecular formula is C24H20ClF2N5O2. The SMILES string of the molecule is CC(=O)Cc1cn(C)c2c1C(=O)N(c1cc(C)c3nnc(C(F)F)n3c1)C2c1ccc(Cl)cc1. The Morgan fingerprint density at radius 1 is 1.18 bits per heavy atom. The lowest BCUT2D eigenvalue weighted by molar-refractivity contribution is -0.116. The third-order valence-electron chi connectivity index (χ3n) is 6.06. The van der Waals surface area contributed by atoms with Gasteiger partial charge in [0.15, 0.2) is 5.65 Å². The summed E-state index contributed by atoms with van der Waals surface area (Å²) in [4.78, 5) is 27.3. The molecule has 34 heavy (non-hydrogen) atoms. The summed E-state index contributed by atoms with van der Waals surface area (Å²) in [5.41, 5.74) is 3.91. The van der Waals surface area contributed by atoms with Gasteiger partial charge in [-0.2, -0.15) is 0 Å². The number of aryl methyl sites for hydroxylation is 2. The van der Waals surface area contributed by atoms with Crippen molar-refractivity contribution < 1.29 is 18.4 Å². The second-order valence-electron chi connectivity index (χ2n) is 8.47. The summed E-state index contributed by atoms with van der Waals surface area (Å²) in [6.07, 6.45) is 0.550. The van der Waals surface area contributed by atoms with Crippen LogP contribution in [0.15, 0.2) is 42.7 Å². The van der Waals surface area contributed by atoms with Crippen LogP contribution < -0.4 is 4.90 Å². The summed E-state index contributed by atoms with van der Waals surface area (Å²) in [5, 5.41) is 8.05. The number of fused-ring (bicyclic) bond motifs is 2. The Morgan fingerprint density at radius 3 is 2.53 bits per heavy atom. The fourth-order valence-electron chi connectivity index (χ4n) is 4.70. The molecule has 0 aliphatic carbocycles. The molecule has 0 bridgehead atoms. The molecule has 0 spiro atoms. The number of aromatic nitrogens is 4. The van der Waals surface area contributed by atoms with E-state index in [0.29, 0.717) is 33.0 Å². The molecule has 1 aromatic carbocycles. The van der Waals surface area contributed by atoms with Crippen LogP contribution >= 0.6 is 11.6 Å². The van der Waals surface area contributed by atoms with Crippen molar-refractivity contribution in [3.05, 3.63) is 81.5 Å². The van der Waals surface area contributed by atoms with Crippen LogP contribution in [0.25, 0.3) is 5.65 Å². The van der Waals surface area contributed by atoms with Crippen LogP contribution in [0.5, 0.6) is 0 Å². The molecule has 174 valence electrons. The van der Waals surface area contributed by atoms with Crippen molar-refractivity contribution in [1.29, 1.82) is 0 Å². The minimum absolute atomic E-state index is 0.0639. The maximum atomic E-state index is 13.9. The molecule has 1 atom stereocenters. The van der Waals surface area contributed by atoms with E-state index in [-0.39, 0.29) is 18.1 Å². The molecule has 1 unspecified atom stereocenters. The van der Waals surface area contributed by atoms with Gasteiger partial charge in [0.1, 0.15) is 11.8 Å². The quantitative estimate of drug-likeness (QED) is 0.407. The molecule has 1 amide bonds. The van der Waals surface area contributed by atoms with Crippen LogP contribution in [0.4, 0.5) is 14.5 Å². The van der Waals surface area contributed by atoms with Crippen LogP contribution in [0, 0.1) is 6.92 Å². The average Bonchev–Trinajstić information content (AvgIpc) is 3.42. The van der Waals surface area contributed by atoms with Gasteiger partial charge in [-0.1, -0.05) is 23.7 Å². The van der Waals surface area contributed by atoms with Gasteiger partial charge < -0.3 is 4.57 Å². The first-order chi connectivity index (χ1) is 16.2. The van der Waals surface area contributed by atoms with Crippen molar-refractivity contribution >= 4 is 34.6 Å². The normalized spacial score (nSPS) is 15.6. The van der Waals surface area contributed by atoms with Crippen LogP contribution in [0.1, 0.15) is 58.0 Å². The molecule has 5 rings (SSSR count). The molecular weight excluding hydrogens is 464 g/mol. The Bertz CT molecular complexity index is 1460. The van der Waals surface area contributed by atoms with Crippen molar-refractivity contribution in [2.24, 2.45) is 7.05 Å². The zero-order valence-electron chi connectivity index (χ0n) is 18.6. The number of hydrogen-bond acceptors (Lipinski definition) is 4. The number of Topliss-reactive ketones (excluding diaryl/α,β-unsaturated/α-hetero) is 1. The number of rotatable bonds is 5. The highest BCUT2D eigenvalue weighted by molar-refractivity contribution is 6.30. The van der Waals surface area contributed by atoms with Crippen LogP contribution in [0.2, 0.25) is 5.02 Å². The lowest BCUT2D eigenvalue weighted by atomic mass is 10.0. The summed E-state index contributed by atoms with van der Waals surface area (Å²) >= 11 is 6.10. The average molecular weight is 484 g/mol. The van der Waals surface area contributed by atoms with E-state index in [4.69, 9.17) is 11.6 Å². The van der Waals surface area contributed by atoms with Crippen molar-refractivity contribution in [3.63, 3.8) is 0 Å². The predicted molar refractivity (Wildman–Crippen MR) is 123 cm³/mol. The Labute approximate surface area is 198 Å². The van der Waals surface area contributed by atoms with E-state index in [9.17, 15) is 18.4 Å². The number of carbonyl (C=O) groups excluding carboxylic acids is 2. The monoisotopic (exact) mass is 483 g/mol. The zero-order chi connectivity index (χ0) is 24.3. The van der Waals surface area contributed by atoms with Gasteiger partial charge in [0.2, 0.25) is 5.82 Å². The van der Waals surface area contributed by atoms with Gasteiger partial charge in [-0.25, -0.2) is 8.78 Å². The summed E-state index contributed by atoms with van der Waals surface area (Å²) in [6, 6.07) is 8.31. The van der Waals surface area contributed by atoms with E-state index >= 15 is 0 Å². The fourth-order valence-corrected chi connectivity index (χ4v) is 4.83. The van der Waals surface area contributed by atoms with Gasteiger partial charge in [0.25, 0.3) is 12.3 Å². The molecule has 10 heteroatoms. The highest BCUT2D eigenvalue weighted by Gasteiger charge is 2.43. The maximum absolute atomic E-state index is 13.9. The molecule has 7 nitrogen and oxygen atoms in total.